The highest BCUT2D eigenvalue weighted by atomic mass is 19.1. The van der Waals surface area contributed by atoms with Crippen molar-refractivity contribution in [1.82, 2.24) is 20.6 Å². The van der Waals surface area contributed by atoms with Crippen molar-refractivity contribution in [3.8, 4) is 0 Å². The van der Waals surface area contributed by atoms with E-state index in [0.29, 0.717) is 49.0 Å². The van der Waals surface area contributed by atoms with Gasteiger partial charge >= 0.3 is 0 Å². The number of fused-ring (bicyclic) bond motifs is 1. The number of carbonyl (C=O) groups is 2. The molecule has 2 aromatic rings. The smallest absolute Gasteiger partial charge is 0.270 e. The summed E-state index contributed by atoms with van der Waals surface area (Å²) in [5.74, 6) is 0.273. The van der Waals surface area contributed by atoms with Gasteiger partial charge in [0.1, 0.15) is 23.2 Å². The Morgan fingerprint density at radius 3 is 2.76 bits per heavy atom. The fourth-order valence-electron chi connectivity index (χ4n) is 2.61. The number of hydrogen-bond donors (Lipinski definition) is 3. The molecule has 7 nitrogen and oxygen atoms in total. The Labute approximate surface area is 144 Å². The Morgan fingerprint density at radius 2 is 2.00 bits per heavy atom. The summed E-state index contributed by atoms with van der Waals surface area (Å²) in [6, 6.07) is 5.35. The van der Waals surface area contributed by atoms with Crippen molar-refractivity contribution in [3.05, 3.63) is 52.7 Å². The van der Waals surface area contributed by atoms with Crippen LogP contribution in [0.5, 0.6) is 0 Å². The SMILES string of the molecule is Cc1nc(NCCNC(=O)c2ccc(F)cc2)c2c(n1)C(=O)NCC2. The number of nitrogens with zero attached hydrogens (tertiary/aromatic N) is 2. The zero-order valence-electron chi connectivity index (χ0n) is 13.7. The van der Waals surface area contributed by atoms with Gasteiger partial charge in [0.05, 0.1) is 0 Å². The van der Waals surface area contributed by atoms with E-state index in [1.807, 2.05) is 0 Å². The lowest BCUT2D eigenvalue weighted by Crippen LogP contribution is -2.34. The average Bonchev–Trinajstić information content (AvgIpc) is 2.60. The first kappa shape index (κ1) is 16.8. The molecule has 8 heteroatoms. The molecule has 0 unspecified atom stereocenters. The van der Waals surface area contributed by atoms with Gasteiger partial charge in [0.2, 0.25) is 0 Å². The van der Waals surface area contributed by atoms with Gasteiger partial charge in [-0.05, 0) is 37.6 Å². The fourth-order valence-corrected chi connectivity index (χ4v) is 2.61. The summed E-state index contributed by atoms with van der Waals surface area (Å²) >= 11 is 0. The molecule has 3 N–H and O–H groups in total. The molecule has 2 heterocycles. The Balaban J connectivity index is 1.58. The molecular weight excluding hydrogens is 325 g/mol. The predicted octanol–water partition coefficient (Wildman–Crippen LogP) is 1.05. The standard InChI is InChI=1S/C17H18FN5O2/c1-10-22-14-13(6-7-20-17(14)25)15(23-10)19-8-9-21-16(24)11-2-4-12(18)5-3-11/h2-5H,6-9H2,1H3,(H,20,25)(H,21,24)(H,19,22,23). The highest BCUT2D eigenvalue weighted by Crippen LogP contribution is 2.19. The molecule has 0 radical (unpaired) electrons. The molecule has 0 atom stereocenters. The Morgan fingerprint density at radius 1 is 1.24 bits per heavy atom. The van der Waals surface area contributed by atoms with E-state index in [0.717, 1.165) is 5.56 Å². The van der Waals surface area contributed by atoms with Gasteiger partial charge in [0, 0.05) is 30.8 Å². The fraction of sp³-hybridized carbons (Fsp3) is 0.294. The van der Waals surface area contributed by atoms with Crippen LogP contribution in [0.3, 0.4) is 0 Å². The third-order valence-electron chi connectivity index (χ3n) is 3.80. The summed E-state index contributed by atoms with van der Waals surface area (Å²) in [4.78, 5) is 32.4. The molecule has 3 rings (SSSR count). The first-order chi connectivity index (χ1) is 12.0. The Hall–Kier alpha value is -3.03. The molecule has 25 heavy (non-hydrogen) atoms. The van der Waals surface area contributed by atoms with E-state index >= 15 is 0 Å². The molecule has 0 aliphatic carbocycles. The van der Waals surface area contributed by atoms with E-state index in [1.165, 1.54) is 24.3 Å². The molecule has 0 bridgehead atoms. The highest BCUT2D eigenvalue weighted by Gasteiger charge is 2.22. The molecule has 1 aliphatic heterocycles. The minimum absolute atomic E-state index is 0.195. The molecule has 2 amide bonds. The molecule has 130 valence electrons. The zero-order chi connectivity index (χ0) is 17.8. The number of benzene rings is 1. The minimum atomic E-state index is -0.383. The van der Waals surface area contributed by atoms with Crippen molar-refractivity contribution in [2.24, 2.45) is 0 Å². The van der Waals surface area contributed by atoms with Crippen molar-refractivity contribution in [2.75, 3.05) is 25.0 Å². The minimum Gasteiger partial charge on any atom is -0.368 e. The second-order valence-corrected chi connectivity index (χ2v) is 5.64. The lowest BCUT2D eigenvalue weighted by Gasteiger charge is -2.19. The van der Waals surface area contributed by atoms with Crippen molar-refractivity contribution in [3.63, 3.8) is 0 Å². The van der Waals surface area contributed by atoms with Crippen LogP contribution in [0.1, 0.15) is 32.2 Å². The number of carbonyl (C=O) groups excluding carboxylic acids is 2. The van der Waals surface area contributed by atoms with E-state index in [1.54, 1.807) is 6.92 Å². The van der Waals surface area contributed by atoms with Crippen LogP contribution in [0.2, 0.25) is 0 Å². The van der Waals surface area contributed by atoms with Gasteiger partial charge in [-0.3, -0.25) is 9.59 Å². The lowest BCUT2D eigenvalue weighted by atomic mass is 10.1. The summed E-state index contributed by atoms with van der Waals surface area (Å²) in [6.45, 7) is 3.08. The second kappa shape index (κ2) is 7.25. The van der Waals surface area contributed by atoms with Gasteiger partial charge in [-0.15, -0.1) is 0 Å². The molecule has 0 spiro atoms. The molecule has 0 saturated heterocycles. The van der Waals surface area contributed by atoms with Gasteiger partial charge in [-0.1, -0.05) is 0 Å². The van der Waals surface area contributed by atoms with Crippen molar-refractivity contribution in [2.45, 2.75) is 13.3 Å². The number of rotatable bonds is 5. The van der Waals surface area contributed by atoms with E-state index < -0.39 is 0 Å². The number of aryl methyl sites for hydroxylation is 1. The van der Waals surface area contributed by atoms with Gasteiger partial charge in [0.25, 0.3) is 11.8 Å². The average molecular weight is 343 g/mol. The van der Waals surface area contributed by atoms with E-state index in [2.05, 4.69) is 25.9 Å². The maximum absolute atomic E-state index is 12.9. The molecule has 1 aromatic heterocycles. The maximum Gasteiger partial charge on any atom is 0.270 e. The largest absolute Gasteiger partial charge is 0.368 e. The quantitative estimate of drug-likeness (QED) is 0.705. The van der Waals surface area contributed by atoms with Gasteiger partial charge in [-0.25, -0.2) is 14.4 Å². The molecule has 1 aromatic carbocycles. The topological polar surface area (TPSA) is 96.0 Å². The van der Waals surface area contributed by atoms with Crippen LogP contribution in [-0.2, 0) is 6.42 Å². The third-order valence-corrected chi connectivity index (χ3v) is 3.80. The van der Waals surface area contributed by atoms with E-state index in [9.17, 15) is 14.0 Å². The molecule has 0 saturated carbocycles. The first-order valence-corrected chi connectivity index (χ1v) is 7.98. The van der Waals surface area contributed by atoms with Crippen LogP contribution in [-0.4, -0.2) is 41.4 Å². The van der Waals surface area contributed by atoms with Crippen LogP contribution >= 0.6 is 0 Å². The van der Waals surface area contributed by atoms with Crippen molar-refractivity contribution >= 4 is 17.6 Å². The number of aromatic nitrogens is 2. The van der Waals surface area contributed by atoms with Crippen LogP contribution in [0.25, 0.3) is 0 Å². The van der Waals surface area contributed by atoms with Crippen LogP contribution in [0.4, 0.5) is 10.2 Å². The second-order valence-electron chi connectivity index (χ2n) is 5.64. The summed E-state index contributed by atoms with van der Waals surface area (Å²) in [5, 5.41) is 8.65. The van der Waals surface area contributed by atoms with E-state index in [4.69, 9.17) is 0 Å². The Kier molecular flexibility index (Phi) is 4.87. The van der Waals surface area contributed by atoms with Crippen LogP contribution < -0.4 is 16.0 Å². The van der Waals surface area contributed by atoms with Gasteiger partial charge in [-0.2, -0.15) is 0 Å². The third kappa shape index (κ3) is 3.90. The summed E-state index contributed by atoms with van der Waals surface area (Å²) in [5.41, 5.74) is 1.59. The number of anilines is 1. The molecular formula is C17H18FN5O2. The van der Waals surface area contributed by atoms with Crippen LogP contribution in [0.15, 0.2) is 24.3 Å². The maximum atomic E-state index is 12.9. The Bertz CT molecular complexity index is 807. The van der Waals surface area contributed by atoms with Crippen molar-refractivity contribution < 1.29 is 14.0 Å². The summed E-state index contributed by atoms with van der Waals surface area (Å²) in [7, 11) is 0. The summed E-state index contributed by atoms with van der Waals surface area (Å²) in [6.07, 6.45) is 0.658. The highest BCUT2D eigenvalue weighted by molar-refractivity contribution is 5.96. The number of nitrogens with one attached hydrogen (secondary N) is 3. The number of hydrogen-bond acceptors (Lipinski definition) is 5. The van der Waals surface area contributed by atoms with Gasteiger partial charge in [0.15, 0.2) is 0 Å². The van der Waals surface area contributed by atoms with E-state index in [-0.39, 0.29) is 17.6 Å². The number of amides is 2. The first-order valence-electron chi connectivity index (χ1n) is 7.98. The molecule has 1 aliphatic rings. The zero-order valence-corrected chi connectivity index (χ0v) is 13.7. The normalized spacial score (nSPS) is 13.0. The van der Waals surface area contributed by atoms with Crippen LogP contribution in [0, 0.1) is 12.7 Å². The van der Waals surface area contributed by atoms with Crippen molar-refractivity contribution in [1.29, 1.82) is 0 Å². The predicted molar refractivity (Wildman–Crippen MR) is 90.0 cm³/mol. The van der Waals surface area contributed by atoms with Gasteiger partial charge < -0.3 is 16.0 Å². The summed E-state index contributed by atoms with van der Waals surface area (Å²) < 4.78 is 12.9. The number of halogens is 1. The monoisotopic (exact) mass is 343 g/mol. The lowest BCUT2D eigenvalue weighted by molar-refractivity contribution is 0.0937. The molecule has 0 fully saturated rings.